The highest BCUT2D eigenvalue weighted by Crippen LogP contribution is 2.33. The normalized spacial score (nSPS) is 18.5. The van der Waals surface area contributed by atoms with Crippen molar-refractivity contribution in [3.63, 3.8) is 0 Å². The average molecular weight is 447 g/mol. The van der Waals surface area contributed by atoms with Crippen LogP contribution in [0.1, 0.15) is 17.5 Å². The van der Waals surface area contributed by atoms with E-state index in [2.05, 4.69) is 39.7 Å². The van der Waals surface area contributed by atoms with Crippen molar-refractivity contribution in [2.75, 3.05) is 51.5 Å². The summed E-state index contributed by atoms with van der Waals surface area (Å²) >= 11 is 0. The third-order valence-corrected chi connectivity index (χ3v) is 6.57. The molecular weight excluding hydrogens is 416 g/mol. The SMILES string of the molecule is COc1cc2c(cc1Nc1ncc3ccc(NC[C@@H]4CC(=O)N(C)C4)cc3n1)CN(C)CC2. The zero-order chi connectivity index (χ0) is 22.9. The number of rotatable bonds is 6. The molecule has 2 aliphatic heterocycles. The highest BCUT2D eigenvalue weighted by atomic mass is 16.5. The Morgan fingerprint density at radius 2 is 2.06 bits per heavy atom. The number of hydrogen-bond donors (Lipinski definition) is 2. The van der Waals surface area contributed by atoms with Gasteiger partial charge in [0.1, 0.15) is 5.75 Å². The fourth-order valence-electron chi connectivity index (χ4n) is 4.66. The first-order valence-corrected chi connectivity index (χ1v) is 11.4. The zero-order valence-corrected chi connectivity index (χ0v) is 19.4. The van der Waals surface area contributed by atoms with Gasteiger partial charge in [-0.2, -0.15) is 0 Å². The van der Waals surface area contributed by atoms with Crippen molar-refractivity contribution >= 4 is 34.1 Å². The molecule has 0 bridgehead atoms. The number of carbonyl (C=O) groups is 1. The molecule has 2 aliphatic rings. The molecule has 0 spiro atoms. The van der Waals surface area contributed by atoms with Crippen LogP contribution in [0.2, 0.25) is 0 Å². The highest BCUT2D eigenvalue weighted by molar-refractivity contribution is 5.83. The molecule has 0 unspecified atom stereocenters. The number of carbonyl (C=O) groups excluding carboxylic acids is 1. The van der Waals surface area contributed by atoms with Gasteiger partial charge in [0.15, 0.2) is 0 Å². The third-order valence-electron chi connectivity index (χ3n) is 6.57. The van der Waals surface area contributed by atoms with Crippen LogP contribution in [0, 0.1) is 5.92 Å². The fourth-order valence-corrected chi connectivity index (χ4v) is 4.66. The number of likely N-dealkylation sites (N-methyl/N-ethyl adjacent to an activating group) is 1. The minimum atomic E-state index is 0.216. The molecule has 0 radical (unpaired) electrons. The summed E-state index contributed by atoms with van der Waals surface area (Å²) in [6.45, 7) is 3.54. The number of fused-ring (bicyclic) bond motifs is 2. The molecule has 3 heterocycles. The lowest BCUT2D eigenvalue weighted by Crippen LogP contribution is -2.26. The van der Waals surface area contributed by atoms with Gasteiger partial charge in [-0.25, -0.2) is 9.97 Å². The van der Waals surface area contributed by atoms with Gasteiger partial charge >= 0.3 is 0 Å². The van der Waals surface area contributed by atoms with Crippen LogP contribution in [0.25, 0.3) is 10.9 Å². The number of aromatic nitrogens is 2. The van der Waals surface area contributed by atoms with Gasteiger partial charge in [0.25, 0.3) is 0 Å². The zero-order valence-electron chi connectivity index (χ0n) is 19.4. The summed E-state index contributed by atoms with van der Waals surface area (Å²) < 4.78 is 5.64. The molecule has 2 N–H and O–H groups in total. The lowest BCUT2D eigenvalue weighted by molar-refractivity contribution is -0.126. The molecule has 1 saturated heterocycles. The van der Waals surface area contributed by atoms with E-state index in [0.29, 0.717) is 18.3 Å². The molecule has 5 rings (SSSR count). The van der Waals surface area contributed by atoms with Crippen LogP contribution in [0.5, 0.6) is 5.75 Å². The monoisotopic (exact) mass is 446 g/mol. The third kappa shape index (κ3) is 4.57. The van der Waals surface area contributed by atoms with E-state index in [9.17, 15) is 4.79 Å². The van der Waals surface area contributed by atoms with Gasteiger partial charge in [-0.15, -0.1) is 0 Å². The quantitative estimate of drug-likeness (QED) is 0.601. The number of benzene rings is 2. The summed E-state index contributed by atoms with van der Waals surface area (Å²) in [4.78, 5) is 25.1. The number of anilines is 3. The van der Waals surface area contributed by atoms with Crippen molar-refractivity contribution in [3.05, 3.63) is 47.7 Å². The van der Waals surface area contributed by atoms with Crippen molar-refractivity contribution in [2.24, 2.45) is 5.92 Å². The van der Waals surface area contributed by atoms with E-state index in [1.807, 2.05) is 31.4 Å². The molecule has 1 aromatic heterocycles. The molecule has 1 amide bonds. The maximum absolute atomic E-state index is 11.8. The summed E-state index contributed by atoms with van der Waals surface area (Å²) in [5.41, 5.74) is 5.35. The van der Waals surface area contributed by atoms with Crippen LogP contribution in [0.15, 0.2) is 36.5 Å². The van der Waals surface area contributed by atoms with E-state index >= 15 is 0 Å². The molecule has 0 aliphatic carbocycles. The molecule has 2 aromatic carbocycles. The van der Waals surface area contributed by atoms with Crippen molar-refractivity contribution < 1.29 is 9.53 Å². The summed E-state index contributed by atoms with van der Waals surface area (Å²) in [6, 6.07) is 10.3. The first-order chi connectivity index (χ1) is 16.0. The smallest absolute Gasteiger partial charge is 0.227 e. The van der Waals surface area contributed by atoms with E-state index in [4.69, 9.17) is 9.72 Å². The van der Waals surface area contributed by atoms with Gasteiger partial charge < -0.3 is 25.2 Å². The summed E-state index contributed by atoms with van der Waals surface area (Å²) in [7, 11) is 5.69. The summed E-state index contributed by atoms with van der Waals surface area (Å²) in [5.74, 6) is 1.88. The van der Waals surface area contributed by atoms with Gasteiger partial charge in [-0.05, 0) is 54.9 Å². The Hall–Kier alpha value is -3.39. The number of ether oxygens (including phenoxy) is 1. The Morgan fingerprint density at radius 1 is 1.18 bits per heavy atom. The van der Waals surface area contributed by atoms with E-state index in [1.165, 1.54) is 11.1 Å². The summed E-state index contributed by atoms with van der Waals surface area (Å²) in [6.07, 6.45) is 3.46. The number of amides is 1. The van der Waals surface area contributed by atoms with Crippen LogP contribution < -0.4 is 15.4 Å². The van der Waals surface area contributed by atoms with E-state index < -0.39 is 0 Å². The van der Waals surface area contributed by atoms with Gasteiger partial charge in [-0.1, -0.05) is 0 Å². The second-order valence-electron chi connectivity index (χ2n) is 9.13. The number of methoxy groups -OCH3 is 1. The predicted molar refractivity (Wildman–Crippen MR) is 130 cm³/mol. The van der Waals surface area contributed by atoms with Crippen molar-refractivity contribution in [1.29, 1.82) is 0 Å². The maximum atomic E-state index is 11.8. The Balaban J connectivity index is 1.35. The molecule has 0 saturated carbocycles. The van der Waals surface area contributed by atoms with E-state index in [0.717, 1.165) is 60.6 Å². The largest absolute Gasteiger partial charge is 0.495 e. The molecule has 3 aromatic rings. The van der Waals surface area contributed by atoms with Gasteiger partial charge in [-0.3, -0.25) is 4.79 Å². The van der Waals surface area contributed by atoms with E-state index in [-0.39, 0.29) is 5.91 Å². The van der Waals surface area contributed by atoms with Crippen molar-refractivity contribution in [3.8, 4) is 5.75 Å². The lowest BCUT2D eigenvalue weighted by Gasteiger charge is -2.26. The van der Waals surface area contributed by atoms with Gasteiger partial charge in [0, 0.05) is 62.8 Å². The average Bonchev–Trinajstić information content (AvgIpc) is 3.14. The fraction of sp³-hybridized carbons (Fsp3) is 0.400. The van der Waals surface area contributed by atoms with E-state index in [1.54, 1.807) is 12.0 Å². The number of nitrogens with zero attached hydrogens (tertiary/aromatic N) is 4. The minimum absolute atomic E-state index is 0.216. The number of nitrogens with one attached hydrogen (secondary N) is 2. The number of likely N-dealkylation sites (tertiary alicyclic amines) is 1. The van der Waals surface area contributed by atoms with Gasteiger partial charge in [0.2, 0.25) is 11.9 Å². The Morgan fingerprint density at radius 3 is 2.85 bits per heavy atom. The first kappa shape index (κ1) is 21.5. The first-order valence-electron chi connectivity index (χ1n) is 11.4. The summed E-state index contributed by atoms with van der Waals surface area (Å²) in [5, 5.41) is 7.79. The minimum Gasteiger partial charge on any atom is -0.495 e. The predicted octanol–water partition coefficient (Wildman–Crippen LogP) is 3.26. The number of hydrogen-bond acceptors (Lipinski definition) is 7. The van der Waals surface area contributed by atoms with Crippen molar-refractivity contribution in [2.45, 2.75) is 19.4 Å². The molecular formula is C25H30N6O2. The molecule has 8 nitrogen and oxygen atoms in total. The molecule has 8 heteroatoms. The van der Waals surface area contributed by atoms with Crippen LogP contribution in [0.4, 0.5) is 17.3 Å². The van der Waals surface area contributed by atoms with Crippen LogP contribution >= 0.6 is 0 Å². The second kappa shape index (κ2) is 8.86. The Kier molecular flexibility index (Phi) is 5.76. The van der Waals surface area contributed by atoms with Crippen LogP contribution in [-0.4, -0.2) is 66.5 Å². The second-order valence-corrected chi connectivity index (χ2v) is 9.13. The molecule has 33 heavy (non-hydrogen) atoms. The van der Waals surface area contributed by atoms with Crippen molar-refractivity contribution in [1.82, 2.24) is 19.8 Å². The Bertz CT molecular complexity index is 1200. The standard InChI is InChI=1S/C25H30N6O2/c1-30-7-6-17-10-23(33-3)22(9-19(17)15-30)29-25-27-13-18-4-5-20(11-21(18)28-25)26-12-16-8-24(32)31(2)14-16/h4-5,9-11,13,16,26H,6-8,12,14-15H2,1-3H3,(H,27,28,29)/t16-/m0/s1. The Labute approximate surface area is 194 Å². The van der Waals surface area contributed by atoms with Gasteiger partial charge in [0.05, 0.1) is 18.3 Å². The van der Waals surface area contributed by atoms with Crippen LogP contribution in [0.3, 0.4) is 0 Å². The highest BCUT2D eigenvalue weighted by Gasteiger charge is 2.26. The lowest BCUT2D eigenvalue weighted by atomic mass is 9.99. The molecule has 172 valence electrons. The van der Waals surface area contributed by atoms with Crippen LogP contribution in [-0.2, 0) is 17.8 Å². The molecule has 1 atom stereocenters. The molecule has 1 fully saturated rings. The maximum Gasteiger partial charge on any atom is 0.227 e. The topological polar surface area (TPSA) is 82.6 Å².